The summed E-state index contributed by atoms with van der Waals surface area (Å²) >= 11 is 9.48. The van der Waals surface area contributed by atoms with Crippen molar-refractivity contribution < 1.29 is 0 Å². The molecule has 6 heteroatoms. The Morgan fingerprint density at radius 2 is 2.17 bits per heavy atom. The predicted octanol–water partition coefficient (Wildman–Crippen LogP) is 3.23. The Labute approximate surface area is 119 Å². The van der Waals surface area contributed by atoms with Crippen LogP contribution >= 0.6 is 27.5 Å². The van der Waals surface area contributed by atoms with Gasteiger partial charge in [0.1, 0.15) is 5.82 Å². The molecule has 0 spiro atoms. The van der Waals surface area contributed by atoms with Gasteiger partial charge in [-0.2, -0.15) is 0 Å². The van der Waals surface area contributed by atoms with Crippen LogP contribution in [0.15, 0.2) is 22.7 Å². The third-order valence-corrected chi connectivity index (χ3v) is 3.87. The number of nitrogens with zero attached hydrogens (tertiary/aromatic N) is 3. The van der Waals surface area contributed by atoms with E-state index in [1.807, 2.05) is 22.8 Å². The third-order valence-electron chi connectivity index (χ3n) is 2.63. The largest absolute Gasteiger partial charge is 0.324 e. The maximum atomic E-state index is 6.10. The van der Waals surface area contributed by atoms with E-state index in [0.717, 1.165) is 34.7 Å². The highest BCUT2D eigenvalue weighted by atomic mass is 79.9. The lowest BCUT2D eigenvalue weighted by Crippen LogP contribution is -2.09. The van der Waals surface area contributed by atoms with E-state index in [4.69, 9.17) is 17.3 Å². The van der Waals surface area contributed by atoms with Gasteiger partial charge in [-0.05, 0) is 40.5 Å². The van der Waals surface area contributed by atoms with E-state index in [-0.39, 0.29) is 0 Å². The Morgan fingerprint density at radius 1 is 1.39 bits per heavy atom. The highest BCUT2D eigenvalue weighted by Gasteiger charge is 2.13. The highest BCUT2D eigenvalue weighted by molar-refractivity contribution is 9.10. The zero-order chi connectivity index (χ0) is 13.1. The van der Waals surface area contributed by atoms with Gasteiger partial charge in [-0.15, -0.1) is 10.2 Å². The standard InChI is InChI=1S/C12H14BrClN4/c1-2-5-18-11(7-15)16-17-12(18)8-3-4-9(13)10(14)6-8/h3-4,6H,2,5,7,15H2,1H3. The maximum Gasteiger partial charge on any atom is 0.164 e. The summed E-state index contributed by atoms with van der Waals surface area (Å²) in [6, 6.07) is 5.75. The van der Waals surface area contributed by atoms with Gasteiger partial charge in [-0.3, -0.25) is 0 Å². The molecule has 0 saturated heterocycles. The van der Waals surface area contributed by atoms with Gasteiger partial charge in [0.05, 0.1) is 11.6 Å². The zero-order valence-corrected chi connectivity index (χ0v) is 12.4. The van der Waals surface area contributed by atoms with Crippen LogP contribution in [0.4, 0.5) is 0 Å². The molecule has 0 aliphatic heterocycles. The molecule has 0 saturated carbocycles. The molecular weight excluding hydrogens is 316 g/mol. The quantitative estimate of drug-likeness (QED) is 0.937. The Bertz CT molecular complexity index is 553. The summed E-state index contributed by atoms with van der Waals surface area (Å²) in [6.07, 6.45) is 1.00. The summed E-state index contributed by atoms with van der Waals surface area (Å²) in [5.74, 6) is 1.61. The van der Waals surface area contributed by atoms with Crippen molar-refractivity contribution in [2.24, 2.45) is 5.73 Å². The Kier molecular flexibility index (Phi) is 4.37. The molecule has 18 heavy (non-hydrogen) atoms. The van der Waals surface area contributed by atoms with Crippen LogP contribution in [0.2, 0.25) is 5.02 Å². The van der Waals surface area contributed by atoms with Crippen molar-refractivity contribution >= 4 is 27.5 Å². The van der Waals surface area contributed by atoms with E-state index >= 15 is 0 Å². The van der Waals surface area contributed by atoms with E-state index in [9.17, 15) is 0 Å². The maximum absolute atomic E-state index is 6.10. The molecule has 2 rings (SSSR count). The first-order valence-corrected chi connectivity index (χ1v) is 6.92. The molecule has 1 aromatic heterocycles. The second-order valence-corrected chi connectivity index (χ2v) is 5.19. The van der Waals surface area contributed by atoms with E-state index in [1.54, 1.807) is 0 Å². The minimum absolute atomic E-state index is 0.386. The number of hydrogen-bond acceptors (Lipinski definition) is 3. The summed E-state index contributed by atoms with van der Waals surface area (Å²) in [5, 5.41) is 8.98. The van der Waals surface area contributed by atoms with Crippen molar-refractivity contribution in [3.63, 3.8) is 0 Å². The average molecular weight is 330 g/mol. The van der Waals surface area contributed by atoms with Gasteiger partial charge in [0.25, 0.3) is 0 Å². The number of nitrogens with two attached hydrogens (primary N) is 1. The molecule has 96 valence electrons. The van der Waals surface area contributed by atoms with Crippen LogP contribution in [0.25, 0.3) is 11.4 Å². The second kappa shape index (κ2) is 5.82. The number of halogens is 2. The molecule has 0 aliphatic rings. The van der Waals surface area contributed by atoms with E-state index < -0.39 is 0 Å². The highest BCUT2D eigenvalue weighted by Crippen LogP contribution is 2.28. The number of rotatable bonds is 4. The van der Waals surface area contributed by atoms with Crippen molar-refractivity contribution in [3.05, 3.63) is 33.5 Å². The van der Waals surface area contributed by atoms with Crippen molar-refractivity contribution in [3.8, 4) is 11.4 Å². The summed E-state index contributed by atoms with van der Waals surface area (Å²) in [4.78, 5) is 0. The first-order chi connectivity index (χ1) is 8.67. The Hall–Kier alpha value is -0.910. The first kappa shape index (κ1) is 13.5. The van der Waals surface area contributed by atoms with Crippen LogP contribution in [0, 0.1) is 0 Å². The molecule has 1 heterocycles. The molecular formula is C12H14BrClN4. The molecule has 2 N–H and O–H groups in total. The monoisotopic (exact) mass is 328 g/mol. The SMILES string of the molecule is CCCn1c(CN)nnc1-c1ccc(Br)c(Cl)c1. The van der Waals surface area contributed by atoms with Crippen LogP contribution in [0.3, 0.4) is 0 Å². The van der Waals surface area contributed by atoms with Gasteiger partial charge in [0, 0.05) is 16.6 Å². The lowest BCUT2D eigenvalue weighted by molar-refractivity contribution is 0.644. The van der Waals surface area contributed by atoms with Gasteiger partial charge < -0.3 is 10.3 Å². The summed E-state index contributed by atoms with van der Waals surface area (Å²) < 4.78 is 2.91. The smallest absolute Gasteiger partial charge is 0.164 e. The molecule has 0 fully saturated rings. The number of aromatic nitrogens is 3. The van der Waals surface area contributed by atoms with Crippen LogP contribution in [-0.2, 0) is 13.1 Å². The predicted molar refractivity (Wildman–Crippen MR) is 76.4 cm³/mol. The minimum atomic E-state index is 0.386. The molecule has 0 radical (unpaired) electrons. The molecule has 0 bridgehead atoms. The van der Waals surface area contributed by atoms with Gasteiger partial charge in [0.15, 0.2) is 5.82 Å². The summed E-state index contributed by atoms with van der Waals surface area (Å²) in [6.45, 7) is 3.35. The lowest BCUT2D eigenvalue weighted by Gasteiger charge is -2.08. The average Bonchev–Trinajstić information content (AvgIpc) is 2.76. The fraction of sp³-hybridized carbons (Fsp3) is 0.333. The molecule has 4 nitrogen and oxygen atoms in total. The van der Waals surface area contributed by atoms with E-state index in [2.05, 4.69) is 33.1 Å². The molecule has 0 aliphatic carbocycles. The minimum Gasteiger partial charge on any atom is -0.324 e. The van der Waals surface area contributed by atoms with Crippen LogP contribution in [0.1, 0.15) is 19.2 Å². The lowest BCUT2D eigenvalue weighted by atomic mass is 10.2. The van der Waals surface area contributed by atoms with Gasteiger partial charge in [-0.1, -0.05) is 18.5 Å². The number of hydrogen-bond donors (Lipinski definition) is 1. The van der Waals surface area contributed by atoms with E-state index in [1.165, 1.54) is 0 Å². The molecule has 2 aromatic rings. The second-order valence-electron chi connectivity index (χ2n) is 3.92. The normalized spacial score (nSPS) is 10.9. The fourth-order valence-corrected chi connectivity index (χ4v) is 2.22. The van der Waals surface area contributed by atoms with Crippen molar-refractivity contribution in [1.82, 2.24) is 14.8 Å². The van der Waals surface area contributed by atoms with E-state index in [0.29, 0.717) is 11.6 Å². The number of benzene rings is 1. The van der Waals surface area contributed by atoms with Gasteiger partial charge >= 0.3 is 0 Å². The third kappa shape index (κ3) is 2.58. The Morgan fingerprint density at radius 3 is 2.78 bits per heavy atom. The fourth-order valence-electron chi connectivity index (χ4n) is 1.79. The summed E-state index contributed by atoms with van der Waals surface area (Å²) in [5.41, 5.74) is 6.62. The molecule has 1 aromatic carbocycles. The first-order valence-electron chi connectivity index (χ1n) is 5.75. The van der Waals surface area contributed by atoms with Crippen molar-refractivity contribution in [2.75, 3.05) is 0 Å². The van der Waals surface area contributed by atoms with Crippen LogP contribution < -0.4 is 5.73 Å². The summed E-state index contributed by atoms with van der Waals surface area (Å²) in [7, 11) is 0. The van der Waals surface area contributed by atoms with Gasteiger partial charge in [0.2, 0.25) is 0 Å². The topological polar surface area (TPSA) is 56.7 Å². The Balaban J connectivity index is 2.49. The van der Waals surface area contributed by atoms with Gasteiger partial charge in [-0.25, -0.2) is 0 Å². The molecule has 0 unspecified atom stereocenters. The van der Waals surface area contributed by atoms with Crippen LogP contribution in [0.5, 0.6) is 0 Å². The zero-order valence-electron chi connectivity index (χ0n) is 10.0. The van der Waals surface area contributed by atoms with Crippen molar-refractivity contribution in [2.45, 2.75) is 26.4 Å². The molecule has 0 atom stereocenters. The van der Waals surface area contributed by atoms with Crippen molar-refractivity contribution in [1.29, 1.82) is 0 Å². The molecule has 0 amide bonds. The van der Waals surface area contributed by atoms with Crippen LogP contribution in [-0.4, -0.2) is 14.8 Å².